The van der Waals surface area contributed by atoms with E-state index in [0.717, 1.165) is 5.56 Å². The second-order valence-electron chi connectivity index (χ2n) is 2.94. The molecule has 2 rings (SSSR count). The molecule has 1 aromatic heterocycles. The van der Waals surface area contributed by atoms with Crippen LogP contribution < -0.4 is 5.63 Å². The van der Waals surface area contributed by atoms with Crippen LogP contribution in [-0.2, 0) is 0 Å². The average Bonchev–Trinajstić information content (AvgIpc) is 2.17. The van der Waals surface area contributed by atoms with Crippen molar-refractivity contribution in [2.24, 2.45) is 0 Å². The van der Waals surface area contributed by atoms with Gasteiger partial charge < -0.3 is 4.42 Å². The summed E-state index contributed by atoms with van der Waals surface area (Å²) in [7, 11) is 0. The van der Waals surface area contributed by atoms with E-state index in [4.69, 9.17) is 4.42 Å². The van der Waals surface area contributed by atoms with Crippen LogP contribution in [0.5, 0.6) is 0 Å². The largest absolute Gasteiger partial charge is 0.397 e. The molecule has 1 heterocycles. The van der Waals surface area contributed by atoms with Crippen LogP contribution in [0, 0.1) is 6.92 Å². The molecule has 0 saturated carbocycles. The average molecular weight is 207 g/mol. The van der Waals surface area contributed by atoms with Gasteiger partial charge in [0.15, 0.2) is 0 Å². The van der Waals surface area contributed by atoms with E-state index in [1.165, 1.54) is 11.8 Å². The van der Waals surface area contributed by atoms with Crippen molar-refractivity contribution in [3.63, 3.8) is 0 Å². The van der Waals surface area contributed by atoms with Gasteiger partial charge in [0, 0.05) is 0 Å². The Morgan fingerprint density at radius 3 is 2.93 bits per heavy atom. The lowest BCUT2D eigenvalue weighted by Gasteiger charge is -2.00. The SMILES string of the molecule is CSc1nc2cccc(C)c2c(=O)o1. The molecule has 0 bridgehead atoms. The highest BCUT2D eigenvalue weighted by atomic mass is 32.2. The third-order valence-electron chi connectivity index (χ3n) is 2.02. The highest BCUT2D eigenvalue weighted by Gasteiger charge is 2.06. The highest BCUT2D eigenvalue weighted by Crippen LogP contribution is 2.16. The third kappa shape index (κ3) is 1.42. The molecule has 0 radical (unpaired) electrons. The molecule has 1 aromatic carbocycles. The Kier molecular flexibility index (Phi) is 2.29. The molecule has 0 unspecified atom stereocenters. The van der Waals surface area contributed by atoms with Crippen LogP contribution in [0.2, 0.25) is 0 Å². The standard InChI is InChI=1S/C10H9NO2S/c1-6-4-3-5-7-8(6)9(12)13-10(11-7)14-2/h3-5H,1-2H3. The van der Waals surface area contributed by atoms with Gasteiger partial charge in [-0.25, -0.2) is 9.78 Å². The Labute approximate surface area is 85.2 Å². The van der Waals surface area contributed by atoms with Crippen LogP contribution in [0.1, 0.15) is 5.56 Å². The van der Waals surface area contributed by atoms with E-state index >= 15 is 0 Å². The molecule has 0 fully saturated rings. The summed E-state index contributed by atoms with van der Waals surface area (Å²) in [6.07, 6.45) is 1.83. The first-order valence-corrected chi connectivity index (χ1v) is 5.39. The molecular weight excluding hydrogens is 198 g/mol. The topological polar surface area (TPSA) is 43.1 Å². The van der Waals surface area contributed by atoms with Gasteiger partial charge in [0.25, 0.3) is 5.22 Å². The second-order valence-corrected chi connectivity index (χ2v) is 3.70. The summed E-state index contributed by atoms with van der Waals surface area (Å²) in [5.41, 5.74) is 1.29. The van der Waals surface area contributed by atoms with Crippen molar-refractivity contribution in [1.82, 2.24) is 4.98 Å². The predicted octanol–water partition coefficient (Wildman–Crippen LogP) is 2.22. The van der Waals surface area contributed by atoms with Crippen LogP contribution in [0.4, 0.5) is 0 Å². The predicted molar refractivity (Wildman–Crippen MR) is 56.8 cm³/mol. The van der Waals surface area contributed by atoms with Crippen molar-refractivity contribution >= 4 is 22.7 Å². The maximum atomic E-state index is 11.6. The van der Waals surface area contributed by atoms with E-state index < -0.39 is 0 Å². The van der Waals surface area contributed by atoms with E-state index in [2.05, 4.69) is 4.98 Å². The van der Waals surface area contributed by atoms with Gasteiger partial charge in [-0.1, -0.05) is 23.9 Å². The zero-order chi connectivity index (χ0) is 10.1. The number of thioether (sulfide) groups is 1. The number of benzene rings is 1. The summed E-state index contributed by atoms with van der Waals surface area (Å²) in [5.74, 6) is 0. The Morgan fingerprint density at radius 2 is 2.21 bits per heavy atom. The smallest absolute Gasteiger partial charge is 0.347 e. The summed E-state index contributed by atoms with van der Waals surface area (Å²) < 4.78 is 5.02. The Bertz CT molecular complexity index is 533. The number of rotatable bonds is 1. The molecule has 4 heteroatoms. The molecule has 14 heavy (non-hydrogen) atoms. The number of aromatic nitrogens is 1. The minimum atomic E-state index is -0.308. The lowest BCUT2D eigenvalue weighted by Crippen LogP contribution is -2.03. The molecule has 0 N–H and O–H groups in total. The van der Waals surface area contributed by atoms with E-state index in [1.807, 2.05) is 31.4 Å². The van der Waals surface area contributed by atoms with Crippen LogP contribution in [0.3, 0.4) is 0 Å². The first kappa shape index (κ1) is 9.27. The van der Waals surface area contributed by atoms with Gasteiger partial charge in [0.05, 0.1) is 10.9 Å². The summed E-state index contributed by atoms with van der Waals surface area (Å²) >= 11 is 1.33. The highest BCUT2D eigenvalue weighted by molar-refractivity contribution is 7.98. The number of hydrogen-bond donors (Lipinski definition) is 0. The maximum absolute atomic E-state index is 11.6. The van der Waals surface area contributed by atoms with Gasteiger partial charge in [-0.15, -0.1) is 0 Å². The summed E-state index contributed by atoms with van der Waals surface area (Å²) in [6.45, 7) is 1.87. The van der Waals surface area contributed by atoms with E-state index in [-0.39, 0.29) is 5.63 Å². The summed E-state index contributed by atoms with van der Waals surface area (Å²) in [4.78, 5) is 15.8. The molecule has 72 valence electrons. The Morgan fingerprint density at radius 1 is 1.43 bits per heavy atom. The molecule has 0 atom stereocenters. The van der Waals surface area contributed by atoms with Crippen LogP contribution >= 0.6 is 11.8 Å². The minimum absolute atomic E-state index is 0.308. The van der Waals surface area contributed by atoms with Gasteiger partial charge in [0.1, 0.15) is 0 Å². The molecule has 0 amide bonds. The lowest BCUT2D eigenvalue weighted by molar-refractivity contribution is 0.401. The van der Waals surface area contributed by atoms with Crippen molar-refractivity contribution in [2.45, 2.75) is 12.1 Å². The van der Waals surface area contributed by atoms with E-state index in [9.17, 15) is 4.79 Å². The number of fused-ring (bicyclic) bond motifs is 1. The Balaban J connectivity index is 2.90. The van der Waals surface area contributed by atoms with Crippen LogP contribution in [0.25, 0.3) is 10.9 Å². The van der Waals surface area contributed by atoms with Gasteiger partial charge in [0.2, 0.25) is 0 Å². The molecule has 0 aliphatic carbocycles. The fraction of sp³-hybridized carbons (Fsp3) is 0.200. The Hall–Kier alpha value is -1.29. The van der Waals surface area contributed by atoms with Crippen molar-refractivity contribution in [3.8, 4) is 0 Å². The number of hydrogen-bond acceptors (Lipinski definition) is 4. The van der Waals surface area contributed by atoms with Crippen LogP contribution in [-0.4, -0.2) is 11.2 Å². The van der Waals surface area contributed by atoms with Crippen molar-refractivity contribution in [1.29, 1.82) is 0 Å². The number of nitrogens with zero attached hydrogens (tertiary/aromatic N) is 1. The van der Waals surface area contributed by atoms with Gasteiger partial charge in [-0.3, -0.25) is 0 Å². The normalized spacial score (nSPS) is 10.7. The number of aryl methyl sites for hydroxylation is 1. The quantitative estimate of drug-likeness (QED) is 0.672. The fourth-order valence-electron chi connectivity index (χ4n) is 1.35. The first-order valence-electron chi connectivity index (χ1n) is 4.17. The van der Waals surface area contributed by atoms with Gasteiger partial charge in [-0.05, 0) is 24.8 Å². The summed E-state index contributed by atoms with van der Waals surface area (Å²) in [6, 6.07) is 5.58. The first-order chi connectivity index (χ1) is 6.72. The monoisotopic (exact) mass is 207 g/mol. The molecule has 3 nitrogen and oxygen atoms in total. The zero-order valence-electron chi connectivity index (χ0n) is 7.90. The third-order valence-corrected chi connectivity index (χ3v) is 2.55. The van der Waals surface area contributed by atoms with E-state index in [1.54, 1.807) is 0 Å². The van der Waals surface area contributed by atoms with Crippen molar-refractivity contribution < 1.29 is 4.42 Å². The molecule has 0 saturated heterocycles. The molecule has 2 aromatic rings. The van der Waals surface area contributed by atoms with Crippen LogP contribution in [0.15, 0.2) is 32.6 Å². The molecule has 0 aliphatic rings. The molecular formula is C10H9NO2S. The lowest BCUT2D eigenvalue weighted by atomic mass is 10.1. The van der Waals surface area contributed by atoms with E-state index in [0.29, 0.717) is 16.1 Å². The minimum Gasteiger partial charge on any atom is -0.397 e. The maximum Gasteiger partial charge on any atom is 0.347 e. The van der Waals surface area contributed by atoms with Crippen molar-refractivity contribution in [2.75, 3.05) is 6.26 Å². The molecule has 0 spiro atoms. The van der Waals surface area contributed by atoms with Gasteiger partial charge >= 0.3 is 5.63 Å². The van der Waals surface area contributed by atoms with Crippen molar-refractivity contribution in [3.05, 3.63) is 34.2 Å². The zero-order valence-corrected chi connectivity index (χ0v) is 8.72. The molecule has 0 aliphatic heterocycles. The fourth-order valence-corrected chi connectivity index (χ4v) is 1.70. The second kappa shape index (κ2) is 3.46. The summed E-state index contributed by atoms with van der Waals surface area (Å²) in [5, 5.41) is 0.985. The van der Waals surface area contributed by atoms with Gasteiger partial charge in [-0.2, -0.15) is 0 Å².